The van der Waals surface area contributed by atoms with Gasteiger partial charge >= 0.3 is 5.97 Å². The predicted octanol–water partition coefficient (Wildman–Crippen LogP) is 1.14. The van der Waals surface area contributed by atoms with Gasteiger partial charge in [-0.3, -0.25) is 9.59 Å². The number of carbonyl (C=O) groups excluding carboxylic acids is 1. The molecule has 0 aromatic carbocycles. The number of carboxylic acid groups (broad SMARTS) is 1. The van der Waals surface area contributed by atoms with E-state index in [0.717, 1.165) is 38.8 Å². The van der Waals surface area contributed by atoms with Crippen LogP contribution in [0.3, 0.4) is 0 Å². The van der Waals surface area contributed by atoms with Crippen molar-refractivity contribution in [2.24, 2.45) is 5.41 Å². The second kappa shape index (κ2) is 7.36. The monoisotopic (exact) mass is 256 g/mol. The second-order valence-corrected chi connectivity index (χ2v) is 5.06. The maximum atomic E-state index is 12.3. The molecule has 5 nitrogen and oxygen atoms in total. The van der Waals surface area contributed by atoms with Gasteiger partial charge in [0.15, 0.2) is 0 Å². The van der Waals surface area contributed by atoms with E-state index in [1.165, 1.54) is 0 Å². The Bertz CT molecular complexity index is 280. The van der Waals surface area contributed by atoms with Gasteiger partial charge in [-0.05, 0) is 32.2 Å². The van der Waals surface area contributed by atoms with Gasteiger partial charge in [0.25, 0.3) is 0 Å². The van der Waals surface area contributed by atoms with E-state index in [0.29, 0.717) is 13.0 Å². The lowest BCUT2D eigenvalue weighted by Gasteiger charge is -2.36. The van der Waals surface area contributed by atoms with Crippen LogP contribution in [0.15, 0.2) is 0 Å². The maximum absolute atomic E-state index is 12.3. The minimum absolute atomic E-state index is 0.0851. The number of hydrogen-bond donors (Lipinski definition) is 3. The molecule has 0 spiro atoms. The molecule has 1 amide bonds. The third kappa shape index (κ3) is 4.29. The number of carbonyl (C=O) groups is 2. The molecule has 18 heavy (non-hydrogen) atoms. The first kappa shape index (κ1) is 15.0. The zero-order valence-corrected chi connectivity index (χ0v) is 11.1. The summed E-state index contributed by atoms with van der Waals surface area (Å²) in [5, 5.41) is 14.7. The van der Waals surface area contributed by atoms with E-state index in [4.69, 9.17) is 5.11 Å². The van der Waals surface area contributed by atoms with Crippen molar-refractivity contribution >= 4 is 11.9 Å². The molecule has 1 saturated heterocycles. The van der Waals surface area contributed by atoms with Crippen LogP contribution in [0.4, 0.5) is 0 Å². The Morgan fingerprint density at radius 1 is 1.44 bits per heavy atom. The number of rotatable bonds is 7. The van der Waals surface area contributed by atoms with Crippen LogP contribution >= 0.6 is 0 Å². The molecule has 1 rings (SSSR count). The Morgan fingerprint density at radius 3 is 2.78 bits per heavy atom. The summed E-state index contributed by atoms with van der Waals surface area (Å²) in [6.45, 7) is 4.27. The van der Waals surface area contributed by atoms with Gasteiger partial charge in [-0.25, -0.2) is 0 Å². The highest BCUT2D eigenvalue weighted by Crippen LogP contribution is 2.31. The third-order valence-electron chi connectivity index (χ3n) is 3.54. The summed E-state index contributed by atoms with van der Waals surface area (Å²) in [4.78, 5) is 22.6. The summed E-state index contributed by atoms with van der Waals surface area (Å²) < 4.78 is 0. The lowest BCUT2D eigenvalue weighted by atomic mass is 9.76. The number of piperidine rings is 1. The molecular weight excluding hydrogens is 232 g/mol. The van der Waals surface area contributed by atoms with Gasteiger partial charge in [0.05, 0.1) is 5.41 Å². The molecule has 5 heteroatoms. The highest BCUT2D eigenvalue weighted by atomic mass is 16.4. The number of nitrogens with one attached hydrogen (secondary N) is 2. The summed E-state index contributed by atoms with van der Waals surface area (Å²) in [6.07, 6.45) is 4.45. The first-order chi connectivity index (χ1) is 8.60. The molecule has 104 valence electrons. The van der Waals surface area contributed by atoms with Gasteiger partial charge in [0.1, 0.15) is 0 Å². The molecule has 1 heterocycles. The first-order valence-corrected chi connectivity index (χ1v) is 6.81. The van der Waals surface area contributed by atoms with Gasteiger partial charge in [0.2, 0.25) is 5.91 Å². The normalized spacial score (nSPS) is 23.6. The summed E-state index contributed by atoms with van der Waals surface area (Å²) in [5.41, 5.74) is -0.282. The lowest BCUT2D eigenvalue weighted by Crippen LogP contribution is -2.50. The van der Waals surface area contributed by atoms with Gasteiger partial charge in [0, 0.05) is 19.5 Å². The Labute approximate surface area is 108 Å². The molecule has 0 aromatic heterocycles. The minimum atomic E-state index is -0.813. The van der Waals surface area contributed by atoms with Gasteiger partial charge in [-0.15, -0.1) is 0 Å². The Morgan fingerprint density at radius 2 is 2.22 bits per heavy atom. The molecule has 0 bridgehead atoms. The van der Waals surface area contributed by atoms with Crippen molar-refractivity contribution in [1.82, 2.24) is 10.6 Å². The van der Waals surface area contributed by atoms with E-state index >= 15 is 0 Å². The van der Waals surface area contributed by atoms with Crippen molar-refractivity contribution < 1.29 is 14.7 Å². The first-order valence-electron chi connectivity index (χ1n) is 6.81. The average molecular weight is 256 g/mol. The summed E-state index contributed by atoms with van der Waals surface area (Å²) in [5.74, 6) is -0.728. The molecule has 1 unspecified atom stereocenters. The molecule has 1 aliphatic rings. The Kier molecular flexibility index (Phi) is 6.12. The third-order valence-corrected chi connectivity index (χ3v) is 3.54. The van der Waals surface area contributed by atoms with Crippen LogP contribution in [0.25, 0.3) is 0 Å². The second-order valence-electron chi connectivity index (χ2n) is 5.06. The fourth-order valence-electron chi connectivity index (χ4n) is 2.60. The standard InChI is InChI=1S/C13H24N2O3/c1-2-6-13(7-4-8-14-10-13)12(18)15-9-3-5-11(16)17/h14H,2-10H2,1H3,(H,15,18)(H,16,17). The van der Waals surface area contributed by atoms with E-state index in [9.17, 15) is 9.59 Å². The van der Waals surface area contributed by atoms with Gasteiger partial charge in [-0.1, -0.05) is 13.3 Å². The Hall–Kier alpha value is -1.10. The van der Waals surface area contributed by atoms with Crippen molar-refractivity contribution in [2.45, 2.75) is 45.4 Å². The SMILES string of the molecule is CCCC1(C(=O)NCCCC(=O)O)CCCNC1. The summed E-state index contributed by atoms with van der Waals surface area (Å²) in [7, 11) is 0. The fourth-order valence-corrected chi connectivity index (χ4v) is 2.60. The van der Waals surface area contributed by atoms with E-state index in [1.54, 1.807) is 0 Å². The topological polar surface area (TPSA) is 78.4 Å². The van der Waals surface area contributed by atoms with Gasteiger partial charge < -0.3 is 15.7 Å². The lowest BCUT2D eigenvalue weighted by molar-refractivity contribution is -0.137. The van der Waals surface area contributed by atoms with Crippen LogP contribution in [0, 0.1) is 5.41 Å². The zero-order valence-electron chi connectivity index (χ0n) is 11.1. The zero-order chi connectivity index (χ0) is 13.4. The minimum Gasteiger partial charge on any atom is -0.481 e. The molecule has 1 atom stereocenters. The van der Waals surface area contributed by atoms with Crippen LogP contribution in [-0.2, 0) is 9.59 Å². The molecule has 3 N–H and O–H groups in total. The largest absolute Gasteiger partial charge is 0.481 e. The highest BCUT2D eigenvalue weighted by molar-refractivity contribution is 5.83. The highest BCUT2D eigenvalue weighted by Gasteiger charge is 2.38. The van der Waals surface area contributed by atoms with Crippen LogP contribution in [0.5, 0.6) is 0 Å². The van der Waals surface area contributed by atoms with Crippen molar-refractivity contribution in [2.75, 3.05) is 19.6 Å². The quantitative estimate of drug-likeness (QED) is 0.597. The molecule has 1 aliphatic heterocycles. The average Bonchev–Trinajstić information content (AvgIpc) is 2.35. The maximum Gasteiger partial charge on any atom is 0.303 e. The number of hydrogen-bond acceptors (Lipinski definition) is 3. The van der Waals surface area contributed by atoms with E-state index in [1.807, 2.05) is 0 Å². The summed E-state index contributed by atoms with van der Waals surface area (Å²) >= 11 is 0. The van der Waals surface area contributed by atoms with Crippen LogP contribution in [-0.4, -0.2) is 36.6 Å². The van der Waals surface area contributed by atoms with Gasteiger partial charge in [-0.2, -0.15) is 0 Å². The fraction of sp³-hybridized carbons (Fsp3) is 0.846. The van der Waals surface area contributed by atoms with Crippen molar-refractivity contribution in [3.63, 3.8) is 0 Å². The number of amides is 1. The smallest absolute Gasteiger partial charge is 0.303 e. The molecule has 0 aromatic rings. The predicted molar refractivity (Wildman–Crippen MR) is 69.3 cm³/mol. The van der Waals surface area contributed by atoms with E-state index < -0.39 is 5.97 Å². The molecule has 0 radical (unpaired) electrons. The van der Waals surface area contributed by atoms with Crippen molar-refractivity contribution in [3.8, 4) is 0 Å². The van der Waals surface area contributed by atoms with Crippen LogP contribution in [0.2, 0.25) is 0 Å². The molecule has 0 saturated carbocycles. The Balaban J connectivity index is 2.42. The van der Waals surface area contributed by atoms with Crippen molar-refractivity contribution in [3.05, 3.63) is 0 Å². The van der Waals surface area contributed by atoms with Crippen LogP contribution < -0.4 is 10.6 Å². The number of carboxylic acids is 1. The summed E-state index contributed by atoms with van der Waals surface area (Å²) in [6, 6.07) is 0. The van der Waals surface area contributed by atoms with Crippen LogP contribution in [0.1, 0.15) is 45.4 Å². The molecule has 0 aliphatic carbocycles. The van der Waals surface area contributed by atoms with E-state index in [-0.39, 0.29) is 17.7 Å². The molecule has 1 fully saturated rings. The number of aliphatic carboxylic acids is 1. The van der Waals surface area contributed by atoms with Crippen molar-refractivity contribution in [1.29, 1.82) is 0 Å². The molecular formula is C13H24N2O3. The van der Waals surface area contributed by atoms with E-state index in [2.05, 4.69) is 17.6 Å².